The number of carboxylic acid groups (broad SMARTS) is 1. The van der Waals surface area contributed by atoms with E-state index in [9.17, 15) is 9.90 Å². The molecule has 0 amide bonds. The third kappa shape index (κ3) is 2.31. The fourth-order valence-electron chi connectivity index (χ4n) is 1.78. The molecule has 0 atom stereocenters. The Bertz CT molecular complexity index is 593. The Morgan fingerprint density at radius 3 is 2.56 bits per heavy atom. The van der Waals surface area contributed by atoms with Gasteiger partial charge in [-0.3, -0.25) is 0 Å². The predicted molar refractivity (Wildman–Crippen MR) is 67.8 cm³/mol. The highest BCUT2D eigenvalue weighted by Gasteiger charge is 2.10. The minimum absolute atomic E-state index is 0.123. The third-order valence-electron chi connectivity index (χ3n) is 2.60. The number of carboxylic acids is 1. The second kappa shape index (κ2) is 5.10. The molecule has 0 aliphatic carbocycles. The van der Waals surface area contributed by atoms with Crippen molar-refractivity contribution < 1.29 is 14.6 Å². The van der Waals surface area contributed by atoms with Crippen LogP contribution >= 0.6 is 11.6 Å². The zero-order valence-corrected chi connectivity index (χ0v) is 10.4. The lowest BCUT2D eigenvalue weighted by Gasteiger charge is -2.13. The van der Waals surface area contributed by atoms with Crippen molar-refractivity contribution in [2.24, 2.45) is 0 Å². The topological polar surface area (TPSA) is 49.4 Å². The lowest BCUT2D eigenvalue weighted by molar-refractivity contribution is -0.254. The number of methoxy groups -OCH3 is 1. The van der Waals surface area contributed by atoms with Crippen LogP contribution in [0.4, 0.5) is 0 Å². The summed E-state index contributed by atoms with van der Waals surface area (Å²) in [6, 6.07) is 11.7. The number of benzene rings is 2. The van der Waals surface area contributed by atoms with E-state index in [2.05, 4.69) is 0 Å². The maximum atomic E-state index is 11.1. The van der Waals surface area contributed by atoms with Crippen molar-refractivity contribution in [1.82, 2.24) is 0 Å². The van der Waals surface area contributed by atoms with E-state index in [-0.39, 0.29) is 5.56 Å². The molecule has 0 heterocycles. The first-order chi connectivity index (χ1) is 8.63. The molecular formula is C14H10ClO3-. The molecule has 2 aromatic rings. The van der Waals surface area contributed by atoms with Crippen molar-refractivity contribution >= 4 is 17.6 Å². The Kier molecular flexibility index (Phi) is 3.53. The van der Waals surface area contributed by atoms with Crippen LogP contribution in [0.2, 0.25) is 5.02 Å². The minimum Gasteiger partial charge on any atom is -0.545 e. The molecule has 2 rings (SSSR count). The van der Waals surface area contributed by atoms with E-state index in [1.54, 1.807) is 36.4 Å². The van der Waals surface area contributed by atoms with Crippen molar-refractivity contribution in [2.75, 3.05) is 7.11 Å². The molecule has 0 saturated heterocycles. The molecule has 4 heteroatoms. The second-order valence-electron chi connectivity index (χ2n) is 3.68. The van der Waals surface area contributed by atoms with Gasteiger partial charge in [-0.2, -0.15) is 0 Å². The molecule has 0 aromatic heterocycles. The molecule has 0 N–H and O–H groups in total. The van der Waals surface area contributed by atoms with Crippen LogP contribution in [0.3, 0.4) is 0 Å². The van der Waals surface area contributed by atoms with Gasteiger partial charge in [0.1, 0.15) is 5.75 Å². The van der Waals surface area contributed by atoms with Gasteiger partial charge in [-0.05, 0) is 23.8 Å². The molecule has 0 aliphatic heterocycles. The van der Waals surface area contributed by atoms with Crippen molar-refractivity contribution in [1.29, 1.82) is 0 Å². The van der Waals surface area contributed by atoms with Crippen molar-refractivity contribution in [3.8, 4) is 16.9 Å². The SMILES string of the molecule is COc1cc(Cl)ccc1-c1ccccc1C(=O)[O-]. The molecule has 0 radical (unpaired) electrons. The van der Waals surface area contributed by atoms with E-state index in [4.69, 9.17) is 16.3 Å². The largest absolute Gasteiger partial charge is 0.545 e. The Morgan fingerprint density at radius 1 is 1.17 bits per heavy atom. The molecular weight excluding hydrogens is 252 g/mol. The van der Waals surface area contributed by atoms with Gasteiger partial charge in [0.2, 0.25) is 0 Å². The summed E-state index contributed by atoms with van der Waals surface area (Å²) in [5, 5.41) is 11.6. The van der Waals surface area contributed by atoms with Gasteiger partial charge < -0.3 is 14.6 Å². The Labute approximate surface area is 110 Å². The van der Waals surface area contributed by atoms with Gasteiger partial charge in [0.25, 0.3) is 0 Å². The first-order valence-electron chi connectivity index (χ1n) is 5.27. The number of carbonyl (C=O) groups excluding carboxylic acids is 1. The fraction of sp³-hybridized carbons (Fsp3) is 0.0714. The lowest BCUT2D eigenvalue weighted by atomic mass is 9.99. The normalized spacial score (nSPS) is 10.1. The lowest BCUT2D eigenvalue weighted by Crippen LogP contribution is -2.23. The first-order valence-corrected chi connectivity index (χ1v) is 5.65. The molecule has 0 spiro atoms. The highest BCUT2D eigenvalue weighted by atomic mass is 35.5. The van der Waals surface area contributed by atoms with Gasteiger partial charge in [-0.25, -0.2) is 0 Å². The molecule has 0 bridgehead atoms. The highest BCUT2D eigenvalue weighted by molar-refractivity contribution is 6.30. The first kappa shape index (κ1) is 12.5. The van der Waals surface area contributed by atoms with E-state index < -0.39 is 5.97 Å². The van der Waals surface area contributed by atoms with Gasteiger partial charge in [-0.15, -0.1) is 0 Å². The quantitative estimate of drug-likeness (QED) is 0.852. The molecule has 3 nitrogen and oxygen atoms in total. The van der Waals surface area contributed by atoms with Crippen LogP contribution in [0.15, 0.2) is 42.5 Å². The van der Waals surface area contributed by atoms with Gasteiger partial charge in [0.15, 0.2) is 0 Å². The zero-order valence-electron chi connectivity index (χ0n) is 9.64. The maximum absolute atomic E-state index is 11.1. The summed E-state index contributed by atoms with van der Waals surface area (Å²) < 4.78 is 5.22. The molecule has 0 saturated carbocycles. The van der Waals surface area contributed by atoms with Gasteiger partial charge in [0, 0.05) is 16.1 Å². The van der Waals surface area contributed by atoms with E-state index in [1.807, 2.05) is 0 Å². The van der Waals surface area contributed by atoms with E-state index in [0.717, 1.165) is 0 Å². The maximum Gasteiger partial charge on any atom is 0.128 e. The fourth-order valence-corrected chi connectivity index (χ4v) is 1.95. The van der Waals surface area contributed by atoms with Crippen LogP contribution in [0, 0.1) is 0 Å². The molecule has 18 heavy (non-hydrogen) atoms. The number of rotatable bonds is 3. The van der Waals surface area contributed by atoms with E-state index in [1.165, 1.54) is 13.2 Å². The monoisotopic (exact) mass is 261 g/mol. The van der Waals surface area contributed by atoms with Crippen LogP contribution in [0.1, 0.15) is 10.4 Å². The Balaban J connectivity index is 2.65. The Morgan fingerprint density at radius 2 is 1.89 bits per heavy atom. The van der Waals surface area contributed by atoms with Crippen molar-refractivity contribution in [3.63, 3.8) is 0 Å². The Hall–Kier alpha value is -2.00. The highest BCUT2D eigenvalue weighted by Crippen LogP contribution is 2.34. The average molecular weight is 262 g/mol. The summed E-state index contributed by atoms with van der Waals surface area (Å²) in [6.45, 7) is 0. The summed E-state index contributed by atoms with van der Waals surface area (Å²) in [5.41, 5.74) is 1.34. The molecule has 0 unspecified atom stereocenters. The van der Waals surface area contributed by atoms with E-state index >= 15 is 0 Å². The third-order valence-corrected chi connectivity index (χ3v) is 2.84. The second-order valence-corrected chi connectivity index (χ2v) is 4.11. The number of hydrogen-bond donors (Lipinski definition) is 0. The zero-order chi connectivity index (χ0) is 13.1. The summed E-state index contributed by atoms with van der Waals surface area (Å²) >= 11 is 5.88. The van der Waals surface area contributed by atoms with Gasteiger partial charge in [0.05, 0.1) is 13.1 Å². The average Bonchev–Trinajstić information content (AvgIpc) is 2.38. The van der Waals surface area contributed by atoms with Crippen LogP contribution in [0.5, 0.6) is 5.75 Å². The smallest absolute Gasteiger partial charge is 0.128 e. The summed E-state index contributed by atoms with van der Waals surface area (Å²) in [7, 11) is 1.51. The number of halogens is 1. The molecule has 0 aliphatic rings. The van der Waals surface area contributed by atoms with Crippen LogP contribution in [0.25, 0.3) is 11.1 Å². The number of ether oxygens (including phenoxy) is 1. The number of aromatic carboxylic acids is 1. The van der Waals surface area contributed by atoms with Crippen LogP contribution in [-0.2, 0) is 0 Å². The minimum atomic E-state index is -1.22. The number of hydrogen-bond acceptors (Lipinski definition) is 3. The summed E-state index contributed by atoms with van der Waals surface area (Å²) in [4.78, 5) is 11.1. The van der Waals surface area contributed by atoms with Crippen molar-refractivity contribution in [2.45, 2.75) is 0 Å². The standard InChI is InChI=1S/C14H11ClO3/c1-18-13-8-9(15)6-7-11(13)10-4-2-3-5-12(10)14(16)17/h2-8H,1H3,(H,16,17)/p-1. The van der Waals surface area contributed by atoms with Crippen LogP contribution in [-0.4, -0.2) is 13.1 Å². The van der Waals surface area contributed by atoms with Gasteiger partial charge >= 0.3 is 0 Å². The van der Waals surface area contributed by atoms with Gasteiger partial charge in [-0.1, -0.05) is 35.9 Å². The molecule has 92 valence electrons. The van der Waals surface area contributed by atoms with E-state index in [0.29, 0.717) is 21.9 Å². The van der Waals surface area contributed by atoms with Crippen molar-refractivity contribution in [3.05, 3.63) is 53.1 Å². The molecule has 2 aromatic carbocycles. The molecule has 0 fully saturated rings. The predicted octanol–water partition coefficient (Wildman–Crippen LogP) is 2.38. The number of carbonyl (C=O) groups is 1. The summed E-state index contributed by atoms with van der Waals surface area (Å²) in [5.74, 6) is -0.696. The van der Waals surface area contributed by atoms with Crippen LogP contribution < -0.4 is 9.84 Å². The summed E-state index contributed by atoms with van der Waals surface area (Å²) in [6.07, 6.45) is 0.